The van der Waals surface area contributed by atoms with E-state index in [2.05, 4.69) is 15.0 Å². The maximum atomic E-state index is 12.8. The fourth-order valence-electron chi connectivity index (χ4n) is 3.67. The largest absolute Gasteiger partial charge is 0.433 e. The maximum Gasteiger partial charge on any atom is 0.387 e. The Morgan fingerprint density at radius 3 is 2.76 bits per heavy atom. The van der Waals surface area contributed by atoms with Crippen molar-refractivity contribution in [2.45, 2.75) is 19.1 Å². The van der Waals surface area contributed by atoms with Gasteiger partial charge in [0.05, 0.1) is 11.3 Å². The summed E-state index contributed by atoms with van der Waals surface area (Å²) in [6.45, 7) is -1.86. The lowest BCUT2D eigenvalue weighted by Crippen LogP contribution is -2.37. The number of aromatic amines is 1. The van der Waals surface area contributed by atoms with Crippen LogP contribution < -0.4 is 20.5 Å². The van der Waals surface area contributed by atoms with Crippen LogP contribution >= 0.6 is 0 Å². The van der Waals surface area contributed by atoms with Crippen molar-refractivity contribution in [1.82, 2.24) is 10.3 Å². The van der Waals surface area contributed by atoms with Crippen LogP contribution in [0.15, 0.2) is 59.4 Å². The Morgan fingerprint density at radius 2 is 1.93 bits per heavy atom. The highest BCUT2D eigenvalue weighted by Crippen LogP contribution is 2.31. The van der Waals surface area contributed by atoms with Gasteiger partial charge in [-0.2, -0.15) is 8.78 Å². The second kappa shape index (κ2) is 7.90. The Morgan fingerprint density at radius 1 is 1.17 bits per heavy atom. The second-order valence-corrected chi connectivity index (χ2v) is 6.84. The third kappa shape index (κ3) is 4.06. The molecule has 0 aliphatic carbocycles. The molecule has 0 radical (unpaired) electrons. The standard InChI is InChI=1S/C21H19F2N3O3/c22-21(23)29-18-8-4-3-7-17(18)26-10-9-13(12-26)24-20(28)15-11-19(27)25-16-6-2-1-5-14(15)16/h1-8,11,13,21H,9-10,12H2,(H,24,28)(H,25,27)/t13-/m0/s1. The SMILES string of the molecule is O=C(N[C@H]1CCN(c2ccccc2OC(F)F)C1)c1cc(=O)[nH]c2ccccc12. The summed E-state index contributed by atoms with van der Waals surface area (Å²) < 4.78 is 29.9. The van der Waals surface area contributed by atoms with E-state index in [1.165, 1.54) is 12.1 Å². The first-order valence-corrected chi connectivity index (χ1v) is 9.23. The van der Waals surface area contributed by atoms with E-state index < -0.39 is 6.61 Å². The number of nitrogens with one attached hydrogen (secondary N) is 2. The Hall–Kier alpha value is -3.42. The molecular weight excluding hydrogens is 380 g/mol. The zero-order chi connectivity index (χ0) is 20.4. The minimum atomic E-state index is -2.90. The fraction of sp³-hybridized carbons (Fsp3) is 0.238. The van der Waals surface area contributed by atoms with E-state index in [0.717, 1.165) is 0 Å². The fourth-order valence-corrected chi connectivity index (χ4v) is 3.67. The van der Waals surface area contributed by atoms with E-state index in [-0.39, 0.29) is 23.3 Å². The summed E-state index contributed by atoms with van der Waals surface area (Å²) in [6, 6.07) is 14.8. The molecule has 8 heteroatoms. The quantitative estimate of drug-likeness (QED) is 0.691. The van der Waals surface area contributed by atoms with E-state index in [4.69, 9.17) is 0 Å². The number of rotatable bonds is 5. The molecule has 150 valence electrons. The van der Waals surface area contributed by atoms with Crippen LogP contribution in [0.2, 0.25) is 0 Å². The lowest BCUT2D eigenvalue weighted by Gasteiger charge is -2.22. The summed E-state index contributed by atoms with van der Waals surface area (Å²) in [5.41, 5.74) is 1.12. The maximum absolute atomic E-state index is 12.8. The van der Waals surface area contributed by atoms with Gasteiger partial charge in [-0.05, 0) is 24.6 Å². The summed E-state index contributed by atoms with van der Waals surface area (Å²) in [7, 11) is 0. The van der Waals surface area contributed by atoms with Crippen LogP contribution in [0.25, 0.3) is 10.9 Å². The van der Waals surface area contributed by atoms with Crippen LogP contribution in [-0.2, 0) is 0 Å². The summed E-state index contributed by atoms with van der Waals surface area (Å²) in [5, 5.41) is 3.61. The summed E-state index contributed by atoms with van der Waals surface area (Å²) in [6.07, 6.45) is 0.649. The van der Waals surface area contributed by atoms with Crippen molar-refractivity contribution >= 4 is 22.5 Å². The average molecular weight is 399 g/mol. The monoisotopic (exact) mass is 399 g/mol. The average Bonchev–Trinajstić information content (AvgIpc) is 3.15. The van der Waals surface area contributed by atoms with Crippen molar-refractivity contribution in [3.8, 4) is 5.75 Å². The van der Waals surface area contributed by atoms with Crippen LogP contribution in [0.4, 0.5) is 14.5 Å². The minimum Gasteiger partial charge on any atom is -0.433 e. The van der Waals surface area contributed by atoms with E-state index in [9.17, 15) is 18.4 Å². The van der Waals surface area contributed by atoms with Gasteiger partial charge in [-0.1, -0.05) is 30.3 Å². The van der Waals surface area contributed by atoms with Crippen LogP contribution in [0.3, 0.4) is 0 Å². The number of hydrogen-bond donors (Lipinski definition) is 2. The second-order valence-electron chi connectivity index (χ2n) is 6.84. The van der Waals surface area contributed by atoms with Gasteiger partial charge in [-0.25, -0.2) is 0 Å². The molecule has 0 spiro atoms. The topological polar surface area (TPSA) is 74.4 Å². The van der Waals surface area contributed by atoms with Crippen LogP contribution in [0, 0.1) is 0 Å². The molecular formula is C21H19F2N3O3. The van der Waals surface area contributed by atoms with Gasteiger partial charge in [-0.15, -0.1) is 0 Å². The molecule has 1 amide bonds. The van der Waals surface area contributed by atoms with Crippen molar-refractivity contribution in [3.05, 3.63) is 70.5 Å². The van der Waals surface area contributed by atoms with Crippen LogP contribution in [-0.4, -0.2) is 36.6 Å². The number of ether oxygens (including phenoxy) is 1. The molecule has 0 saturated carbocycles. The summed E-state index contributed by atoms with van der Waals surface area (Å²) in [5.74, 6) is -0.230. The predicted octanol–water partition coefficient (Wildman–Crippen LogP) is 3.14. The number of carbonyl (C=O) groups excluding carboxylic acids is 1. The smallest absolute Gasteiger partial charge is 0.387 e. The van der Waals surface area contributed by atoms with Crippen molar-refractivity contribution < 1.29 is 18.3 Å². The number of pyridine rings is 1. The first kappa shape index (κ1) is 18.9. The molecule has 3 aromatic rings. The number of amides is 1. The number of carbonyl (C=O) groups is 1. The number of fused-ring (bicyclic) bond motifs is 1. The molecule has 1 aliphatic rings. The molecule has 4 rings (SSSR count). The molecule has 2 aromatic carbocycles. The van der Waals surface area contributed by atoms with E-state index in [1.54, 1.807) is 42.5 Å². The molecule has 0 bridgehead atoms. The number of alkyl halides is 2. The summed E-state index contributed by atoms with van der Waals surface area (Å²) >= 11 is 0. The first-order valence-electron chi connectivity index (χ1n) is 9.23. The van der Waals surface area contributed by atoms with Gasteiger partial charge in [0.15, 0.2) is 0 Å². The Labute approximate surface area is 165 Å². The zero-order valence-electron chi connectivity index (χ0n) is 15.4. The molecule has 0 unspecified atom stereocenters. The predicted molar refractivity (Wildman–Crippen MR) is 106 cm³/mol. The molecule has 29 heavy (non-hydrogen) atoms. The molecule has 1 aliphatic heterocycles. The van der Waals surface area contributed by atoms with Crippen LogP contribution in [0.5, 0.6) is 5.75 Å². The third-order valence-corrected chi connectivity index (χ3v) is 4.94. The molecule has 1 atom stereocenters. The van der Waals surface area contributed by atoms with E-state index in [0.29, 0.717) is 41.7 Å². The molecule has 1 fully saturated rings. The lowest BCUT2D eigenvalue weighted by molar-refractivity contribution is -0.0495. The lowest BCUT2D eigenvalue weighted by atomic mass is 10.1. The number of halogens is 2. The Kier molecular flexibility index (Phi) is 5.16. The van der Waals surface area contributed by atoms with Gasteiger partial charge in [0.25, 0.3) is 5.91 Å². The van der Waals surface area contributed by atoms with Crippen molar-refractivity contribution in [3.63, 3.8) is 0 Å². The molecule has 1 aromatic heterocycles. The minimum absolute atomic E-state index is 0.107. The van der Waals surface area contributed by atoms with Gasteiger partial charge < -0.3 is 19.9 Å². The highest BCUT2D eigenvalue weighted by atomic mass is 19.3. The zero-order valence-corrected chi connectivity index (χ0v) is 15.4. The highest BCUT2D eigenvalue weighted by molar-refractivity contribution is 6.06. The third-order valence-electron chi connectivity index (χ3n) is 4.94. The number of hydrogen-bond acceptors (Lipinski definition) is 4. The van der Waals surface area contributed by atoms with Crippen molar-refractivity contribution in [1.29, 1.82) is 0 Å². The van der Waals surface area contributed by atoms with Crippen molar-refractivity contribution in [2.75, 3.05) is 18.0 Å². The number of aromatic nitrogens is 1. The van der Waals surface area contributed by atoms with Crippen LogP contribution in [0.1, 0.15) is 16.8 Å². The van der Waals surface area contributed by atoms with E-state index >= 15 is 0 Å². The molecule has 6 nitrogen and oxygen atoms in total. The molecule has 2 N–H and O–H groups in total. The normalized spacial score (nSPS) is 16.4. The first-order chi connectivity index (χ1) is 14.0. The number of anilines is 1. The van der Waals surface area contributed by atoms with Gasteiger partial charge in [-0.3, -0.25) is 9.59 Å². The van der Waals surface area contributed by atoms with Crippen molar-refractivity contribution in [2.24, 2.45) is 0 Å². The van der Waals surface area contributed by atoms with Gasteiger partial charge >= 0.3 is 6.61 Å². The molecule has 1 saturated heterocycles. The number of para-hydroxylation sites is 3. The summed E-state index contributed by atoms with van der Waals surface area (Å²) in [4.78, 5) is 29.3. The Balaban J connectivity index is 1.50. The number of H-pyrrole nitrogens is 1. The Bertz CT molecular complexity index is 1100. The van der Waals surface area contributed by atoms with Gasteiger partial charge in [0, 0.05) is 36.1 Å². The number of nitrogens with zero attached hydrogens (tertiary/aromatic N) is 1. The highest BCUT2D eigenvalue weighted by Gasteiger charge is 2.27. The van der Waals surface area contributed by atoms with E-state index in [1.807, 2.05) is 4.90 Å². The number of benzene rings is 2. The molecule has 2 heterocycles. The van der Waals surface area contributed by atoms with Gasteiger partial charge in [0.2, 0.25) is 5.56 Å². The van der Waals surface area contributed by atoms with Gasteiger partial charge in [0.1, 0.15) is 5.75 Å².